The van der Waals surface area contributed by atoms with Crippen LogP contribution in [0.5, 0.6) is 5.75 Å². The van der Waals surface area contributed by atoms with Crippen molar-refractivity contribution in [1.82, 2.24) is 0 Å². The van der Waals surface area contributed by atoms with Crippen LogP contribution in [0.1, 0.15) is 35.3 Å². The number of aryl methyl sites for hydroxylation is 1. The minimum Gasteiger partial charge on any atom is -0.399 e. The number of fused-ring (bicyclic) bond motifs is 1. The summed E-state index contributed by atoms with van der Waals surface area (Å²) in [6.45, 7) is 2.95. The zero-order chi connectivity index (χ0) is 23.6. The van der Waals surface area contributed by atoms with Crippen LogP contribution in [0.4, 0.5) is 22.0 Å². The summed E-state index contributed by atoms with van der Waals surface area (Å²) >= 11 is 1.79. The maximum Gasteiger partial charge on any atom is 0.573 e. The van der Waals surface area contributed by atoms with Crippen LogP contribution >= 0.6 is 11.3 Å². The number of hydrogen-bond acceptors (Lipinski definition) is 4. The zero-order valence-electron chi connectivity index (χ0n) is 17.6. The van der Waals surface area contributed by atoms with E-state index < -0.39 is 30.0 Å². The van der Waals surface area contributed by atoms with Crippen LogP contribution in [0.15, 0.2) is 42.5 Å². The lowest BCUT2D eigenvalue weighted by atomic mass is 9.99. The minimum atomic E-state index is -5.19. The SMILES string of the molecule is CCCc1cc2ccc(C3COC(/C=C/c4cc(F)c(OC(F)(F)F)c(F)c4)OC3)cc2s1. The van der Waals surface area contributed by atoms with Gasteiger partial charge in [-0.05, 0) is 53.3 Å². The number of halogens is 5. The molecule has 1 aliphatic rings. The molecule has 2 aromatic carbocycles. The zero-order valence-corrected chi connectivity index (χ0v) is 18.4. The molecule has 0 bridgehead atoms. The molecule has 4 rings (SSSR count). The number of alkyl halides is 3. The first-order valence-electron chi connectivity index (χ1n) is 10.4. The van der Waals surface area contributed by atoms with Gasteiger partial charge >= 0.3 is 6.36 Å². The Hall–Kier alpha value is -2.49. The van der Waals surface area contributed by atoms with Crippen LogP contribution in [0, 0.1) is 11.6 Å². The predicted octanol–water partition coefficient (Wildman–Crippen LogP) is 7.20. The van der Waals surface area contributed by atoms with Gasteiger partial charge in [-0.2, -0.15) is 0 Å². The molecule has 1 aliphatic heterocycles. The fraction of sp³-hybridized carbons (Fsp3) is 0.333. The van der Waals surface area contributed by atoms with E-state index in [1.54, 1.807) is 11.3 Å². The van der Waals surface area contributed by atoms with Crippen LogP contribution < -0.4 is 4.74 Å². The Morgan fingerprint density at radius 2 is 1.76 bits per heavy atom. The molecule has 0 N–H and O–H groups in total. The van der Waals surface area contributed by atoms with Crippen molar-refractivity contribution in [3.05, 3.63) is 70.1 Å². The second-order valence-corrected chi connectivity index (χ2v) is 8.88. The third-order valence-electron chi connectivity index (χ3n) is 5.17. The molecule has 1 fully saturated rings. The summed E-state index contributed by atoms with van der Waals surface area (Å²) in [7, 11) is 0. The van der Waals surface area contributed by atoms with Gasteiger partial charge in [-0.15, -0.1) is 24.5 Å². The van der Waals surface area contributed by atoms with Gasteiger partial charge in [-0.1, -0.05) is 31.6 Å². The monoisotopic (exact) mass is 484 g/mol. The van der Waals surface area contributed by atoms with Crippen molar-refractivity contribution >= 4 is 27.5 Å². The van der Waals surface area contributed by atoms with Crippen LogP contribution in [0.25, 0.3) is 16.2 Å². The summed E-state index contributed by atoms with van der Waals surface area (Å²) in [5.41, 5.74) is 1.12. The van der Waals surface area contributed by atoms with E-state index in [9.17, 15) is 22.0 Å². The number of ether oxygens (including phenoxy) is 3. The highest BCUT2D eigenvalue weighted by atomic mass is 32.1. The summed E-state index contributed by atoms with van der Waals surface area (Å²) in [6.07, 6.45) is -0.991. The highest BCUT2D eigenvalue weighted by Gasteiger charge is 2.34. The fourth-order valence-corrected chi connectivity index (χ4v) is 4.84. The lowest BCUT2D eigenvalue weighted by molar-refractivity contribution is -0.276. The van der Waals surface area contributed by atoms with Crippen molar-refractivity contribution in [1.29, 1.82) is 0 Å². The summed E-state index contributed by atoms with van der Waals surface area (Å²) in [4.78, 5) is 1.36. The van der Waals surface area contributed by atoms with Crippen molar-refractivity contribution in [2.75, 3.05) is 13.2 Å². The lowest BCUT2D eigenvalue weighted by Gasteiger charge is -2.28. The average Bonchev–Trinajstić information content (AvgIpc) is 3.16. The van der Waals surface area contributed by atoms with Gasteiger partial charge in [0.15, 0.2) is 17.9 Å². The van der Waals surface area contributed by atoms with E-state index in [1.807, 2.05) is 0 Å². The molecule has 0 amide bonds. The maximum absolute atomic E-state index is 13.8. The first kappa shape index (κ1) is 23.7. The Morgan fingerprint density at radius 3 is 2.39 bits per heavy atom. The molecule has 0 saturated carbocycles. The Morgan fingerprint density at radius 1 is 1.06 bits per heavy atom. The molecule has 9 heteroatoms. The first-order valence-corrected chi connectivity index (χ1v) is 11.2. The van der Waals surface area contributed by atoms with E-state index in [2.05, 4.69) is 35.9 Å². The molecular formula is C24H21F5O3S. The van der Waals surface area contributed by atoms with Gasteiger partial charge in [0.1, 0.15) is 0 Å². The van der Waals surface area contributed by atoms with E-state index in [-0.39, 0.29) is 11.5 Å². The van der Waals surface area contributed by atoms with E-state index in [0.29, 0.717) is 13.2 Å². The molecule has 0 radical (unpaired) electrons. The first-order chi connectivity index (χ1) is 15.7. The molecule has 1 saturated heterocycles. The van der Waals surface area contributed by atoms with Gasteiger partial charge < -0.3 is 14.2 Å². The Balaban J connectivity index is 1.38. The number of benzene rings is 2. The summed E-state index contributed by atoms with van der Waals surface area (Å²) in [6, 6.07) is 10.0. The molecule has 0 spiro atoms. The number of thiophene rings is 1. The van der Waals surface area contributed by atoms with Crippen LogP contribution in [0.2, 0.25) is 0 Å². The minimum absolute atomic E-state index is 0.0138. The van der Waals surface area contributed by atoms with Crippen molar-refractivity contribution in [3.63, 3.8) is 0 Å². The Labute approximate surface area is 191 Å². The van der Waals surface area contributed by atoms with E-state index in [0.717, 1.165) is 30.5 Å². The van der Waals surface area contributed by atoms with Crippen molar-refractivity contribution in [2.24, 2.45) is 0 Å². The summed E-state index contributed by atoms with van der Waals surface area (Å²) < 4.78 is 80.5. The van der Waals surface area contributed by atoms with Gasteiger partial charge in [0.05, 0.1) is 13.2 Å². The molecule has 0 aliphatic carbocycles. The van der Waals surface area contributed by atoms with Crippen molar-refractivity contribution < 1.29 is 36.2 Å². The van der Waals surface area contributed by atoms with Gasteiger partial charge in [0.25, 0.3) is 0 Å². The molecule has 0 atom stereocenters. The second kappa shape index (κ2) is 9.79. The predicted molar refractivity (Wildman–Crippen MR) is 116 cm³/mol. The molecule has 176 valence electrons. The number of hydrogen-bond donors (Lipinski definition) is 0. The molecule has 2 heterocycles. The highest BCUT2D eigenvalue weighted by molar-refractivity contribution is 7.19. The molecule has 3 aromatic rings. The van der Waals surface area contributed by atoms with Crippen molar-refractivity contribution in [2.45, 2.75) is 38.3 Å². The van der Waals surface area contributed by atoms with Crippen LogP contribution in [-0.4, -0.2) is 25.9 Å². The van der Waals surface area contributed by atoms with E-state index in [1.165, 1.54) is 27.1 Å². The molecule has 33 heavy (non-hydrogen) atoms. The largest absolute Gasteiger partial charge is 0.573 e. The molecular weight excluding hydrogens is 463 g/mol. The second-order valence-electron chi connectivity index (χ2n) is 7.71. The smallest absolute Gasteiger partial charge is 0.399 e. The van der Waals surface area contributed by atoms with E-state index in [4.69, 9.17) is 9.47 Å². The van der Waals surface area contributed by atoms with E-state index >= 15 is 0 Å². The third kappa shape index (κ3) is 5.90. The topological polar surface area (TPSA) is 27.7 Å². The molecule has 0 unspecified atom stereocenters. The normalized spacial score (nSPS) is 19.5. The summed E-state index contributed by atoms with van der Waals surface area (Å²) in [5.74, 6) is -4.35. The Kier molecular flexibility index (Phi) is 7.02. The quantitative estimate of drug-likeness (QED) is 0.346. The fourth-order valence-electron chi connectivity index (χ4n) is 3.63. The lowest BCUT2D eigenvalue weighted by Crippen LogP contribution is -2.29. The van der Waals surface area contributed by atoms with Gasteiger partial charge in [-0.25, -0.2) is 8.78 Å². The van der Waals surface area contributed by atoms with Gasteiger partial charge in [0.2, 0.25) is 5.75 Å². The third-order valence-corrected chi connectivity index (χ3v) is 6.33. The standard InChI is InChI=1S/C24H21F5O3S/c1-2-3-18-10-16-6-5-15(11-21(16)33-18)17-12-30-22(31-13-17)7-4-14-8-19(25)23(20(26)9-14)32-24(27,28)29/h4-11,17,22H,2-3,12-13H2,1H3/b7-4+. The average molecular weight is 484 g/mol. The van der Waals surface area contributed by atoms with Crippen molar-refractivity contribution in [3.8, 4) is 5.75 Å². The maximum atomic E-state index is 13.8. The van der Waals surface area contributed by atoms with Crippen LogP contribution in [-0.2, 0) is 15.9 Å². The molecule has 1 aromatic heterocycles. The molecule has 3 nitrogen and oxygen atoms in total. The van der Waals surface area contributed by atoms with Gasteiger partial charge in [-0.3, -0.25) is 0 Å². The number of rotatable bonds is 6. The van der Waals surface area contributed by atoms with Gasteiger partial charge in [0, 0.05) is 15.5 Å². The highest BCUT2D eigenvalue weighted by Crippen LogP contribution is 2.32. The van der Waals surface area contributed by atoms with Crippen LogP contribution in [0.3, 0.4) is 0 Å². The Bertz CT molecular complexity index is 1120. The summed E-state index contributed by atoms with van der Waals surface area (Å²) in [5, 5.41) is 1.22.